The molecule has 2 rings (SSSR count). The minimum absolute atomic E-state index is 0.0987. The number of hydrogen-bond acceptors (Lipinski definition) is 3. The van der Waals surface area contributed by atoms with Crippen molar-refractivity contribution in [1.82, 2.24) is 15.1 Å². The highest BCUT2D eigenvalue weighted by molar-refractivity contribution is 7.99. The summed E-state index contributed by atoms with van der Waals surface area (Å²) in [7, 11) is 1.91. The average Bonchev–Trinajstić information content (AvgIpc) is 2.84. The predicted octanol–water partition coefficient (Wildman–Crippen LogP) is 4.14. The normalized spacial score (nSPS) is 12.6. The Morgan fingerprint density at radius 1 is 1.38 bits per heavy atom. The SMILES string of the molecule is CCCn1ncc(Cl)c1C(CSc1ccc(F)cc1)NC. The molecule has 0 fully saturated rings. The first-order valence-electron chi connectivity index (χ1n) is 6.92. The van der Waals surface area contributed by atoms with Crippen LogP contribution in [0.2, 0.25) is 5.02 Å². The van der Waals surface area contributed by atoms with Gasteiger partial charge < -0.3 is 5.32 Å². The molecule has 1 aromatic carbocycles. The molecule has 0 amide bonds. The van der Waals surface area contributed by atoms with Gasteiger partial charge in [0.1, 0.15) is 5.82 Å². The second-order valence-electron chi connectivity index (χ2n) is 4.71. The second-order valence-corrected chi connectivity index (χ2v) is 6.21. The van der Waals surface area contributed by atoms with Gasteiger partial charge in [-0.3, -0.25) is 4.68 Å². The number of aryl methyl sites for hydroxylation is 1. The van der Waals surface area contributed by atoms with Crippen molar-refractivity contribution < 1.29 is 4.39 Å². The first kappa shape index (κ1) is 16.3. The third kappa shape index (κ3) is 4.22. The maximum atomic E-state index is 12.9. The molecule has 114 valence electrons. The lowest BCUT2D eigenvalue weighted by atomic mass is 10.2. The number of rotatable bonds is 7. The fraction of sp³-hybridized carbons (Fsp3) is 0.400. The highest BCUT2D eigenvalue weighted by Crippen LogP contribution is 2.29. The van der Waals surface area contributed by atoms with Gasteiger partial charge in [-0.25, -0.2) is 4.39 Å². The van der Waals surface area contributed by atoms with Gasteiger partial charge in [0, 0.05) is 17.2 Å². The maximum Gasteiger partial charge on any atom is 0.123 e. The van der Waals surface area contributed by atoms with Crippen LogP contribution in [0.5, 0.6) is 0 Å². The molecule has 2 aromatic rings. The summed E-state index contributed by atoms with van der Waals surface area (Å²) in [5.41, 5.74) is 1.01. The molecular weight excluding hydrogens is 309 g/mol. The topological polar surface area (TPSA) is 29.9 Å². The van der Waals surface area contributed by atoms with E-state index in [9.17, 15) is 4.39 Å². The molecule has 0 saturated heterocycles. The molecule has 0 bridgehead atoms. The van der Waals surface area contributed by atoms with Gasteiger partial charge in [0.25, 0.3) is 0 Å². The maximum absolute atomic E-state index is 12.9. The van der Waals surface area contributed by atoms with Crippen LogP contribution in [-0.4, -0.2) is 22.6 Å². The van der Waals surface area contributed by atoms with Gasteiger partial charge >= 0.3 is 0 Å². The van der Waals surface area contributed by atoms with Gasteiger partial charge in [0.15, 0.2) is 0 Å². The summed E-state index contributed by atoms with van der Waals surface area (Å²) in [6.45, 7) is 2.96. The van der Waals surface area contributed by atoms with E-state index in [1.54, 1.807) is 30.1 Å². The zero-order valence-corrected chi connectivity index (χ0v) is 13.7. The van der Waals surface area contributed by atoms with Crippen molar-refractivity contribution in [3.05, 3.63) is 47.0 Å². The van der Waals surface area contributed by atoms with Crippen LogP contribution in [-0.2, 0) is 6.54 Å². The van der Waals surface area contributed by atoms with Crippen LogP contribution in [0.1, 0.15) is 25.1 Å². The van der Waals surface area contributed by atoms with Crippen LogP contribution < -0.4 is 5.32 Å². The molecule has 0 spiro atoms. The number of thioether (sulfide) groups is 1. The second kappa shape index (κ2) is 7.82. The number of aromatic nitrogens is 2. The monoisotopic (exact) mass is 327 g/mol. The van der Waals surface area contributed by atoms with Gasteiger partial charge in [0.05, 0.1) is 23.0 Å². The van der Waals surface area contributed by atoms with Crippen molar-refractivity contribution in [2.45, 2.75) is 30.8 Å². The molecule has 1 N–H and O–H groups in total. The molecule has 0 aliphatic rings. The lowest BCUT2D eigenvalue weighted by Gasteiger charge is -2.18. The lowest BCUT2D eigenvalue weighted by Crippen LogP contribution is -2.23. The summed E-state index contributed by atoms with van der Waals surface area (Å²) in [6, 6.07) is 6.63. The molecule has 0 saturated carbocycles. The smallest absolute Gasteiger partial charge is 0.123 e. The van der Waals surface area contributed by atoms with E-state index in [0.29, 0.717) is 5.02 Å². The van der Waals surface area contributed by atoms with E-state index < -0.39 is 0 Å². The zero-order valence-electron chi connectivity index (χ0n) is 12.1. The third-order valence-electron chi connectivity index (χ3n) is 3.18. The van der Waals surface area contributed by atoms with E-state index in [2.05, 4.69) is 17.3 Å². The first-order valence-corrected chi connectivity index (χ1v) is 8.29. The quantitative estimate of drug-likeness (QED) is 0.775. The van der Waals surface area contributed by atoms with Gasteiger partial charge in [-0.15, -0.1) is 11.8 Å². The average molecular weight is 328 g/mol. The zero-order chi connectivity index (χ0) is 15.2. The predicted molar refractivity (Wildman–Crippen MR) is 86.5 cm³/mol. The molecule has 0 aliphatic heterocycles. The molecule has 1 unspecified atom stereocenters. The number of nitrogens with zero attached hydrogens (tertiary/aromatic N) is 2. The first-order chi connectivity index (χ1) is 10.2. The van der Waals surface area contributed by atoms with Crippen molar-refractivity contribution in [2.24, 2.45) is 0 Å². The van der Waals surface area contributed by atoms with Crippen LogP contribution in [0.3, 0.4) is 0 Å². The van der Waals surface area contributed by atoms with Crippen LogP contribution in [0, 0.1) is 5.82 Å². The molecule has 0 aliphatic carbocycles. The highest BCUT2D eigenvalue weighted by atomic mass is 35.5. The molecule has 6 heteroatoms. The Morgan fingerprint density at radius 2 is 2.10 bits per heavy atom. The van der Waals surface area contributed by atoms with E-state index in [-0.39, 0.29) is 11.9 Å². The van der Waals surface area contributed by atoms with E-state index >= 15 is 0 Å². The lowest BCUT2D eigenvalue weighted by molar-refractivity contribution is 0.524. The molecule has 1 aromatic heterocycles. The van der Waals surface area contributed by atoms with E-state index in [1.807, 2.05) is 11.7 Å². The Kier molecular flexibility index (Phi) is 6.08. The summed E-state index contributed by atoms with van der Waals surface area (Å²) in [6.07, 6.45) is 2.70. The van der Waals surface area contributed by atoms with Crippen LogP contribution in [0.25, 0.3) is 0 Å². The minimum atomic E-state index is -0.214. The van der Waals surface area contributed by atoms with Gasteiger partial charge in [-0.05, 0) is 37.7 Å². The van der Waals surface area contributed by atoms with Crippen molar-refractivity contribution in [3.63, 3.8) is 0 Å². The number of nitrogens with one attached hydrogen (secondary N) is 1. The standard InChI is InChI=1S/C15H19ClFN3S/c1-3-8-20-15(13(16)9-19-20)14(18-2)10-21-12-6-4-11(17)5-7-12/h4-7,9,14,18H,3,8,10H2,1-2H3. The van der Waals surface area contributed by atoms with Crippen molar-refractivity contribution in [3.8, 4) is 0 Å². The van der Waals surface area contributed by atoms with Crippen LogP contribution in [0.15, 0.2) is 35.4 Å². The molecule has 3 nitrogen and oxygen atoms in total. The van der Waals surface area contributed by atoms with Crippen molar-refractivity contribution in [2.75, 3.05) is 12.8 Å². The van der Waals surface area contributed by atoms with Gasteiger partial charge in [0.2, 0.25) is 0 Å². The van der Waals surface area contributed by atoms with Gasteiger partial charge in [-0.1, -0.05) is 18.5 Å². The summed E-state index contributed by atoms with van der Waals surface area (Å²) in [5.74, 6) is 0.589. The summed E-state index contributed by atoms with van der Waals surface area (Å²) in [4.78, 5) is 1.04. The van der Waals surface area contributed by atoms with E-state index in [1.165, 1.54) is 12.1 Å². The largest absolute Gasteiger partial charge is 0.311 e. The van der Waals surface area contributed by atoms with Crippen LogP contribution >= 0.6 is 23.4 Å². The fourth-order valence-electron chi connectivity index (χ4n) is 2.12. The van der Waals surface area contributed by atoms with E-state index in [4.69, 9.17) is 11.6 Å². The Morgan fingerprint density at radius 3 is 2.71 bits per heavy atom. The molecule has 21 heavy (non-hydrogen) atoms. The Labute approximate surface area is 133 Å². The Bertz CT molecular complexity index is 571. The molecule has 1 atom stereocenters. The molecular formula is C15H19ClFN3S. The summed E-state index contributed by atoms with van der Waals surface area (Å²) >= 11 is 7.94. The third-order valence-corrected chi connectivity index (χ3v) is 4.57. The number of hydrogen-bond donors (Lipinski definition) is 1. The fourth-order valence-corrected chi connectivity index (χ4v) is 3.40. The summed E-state index contributed by atoms with van der Waals surface area (Å²) < 4.78 is 14.9. The molecule has 0 radical (unpaired) electrons. The Balaban J connectivity index is 2.09. The minimum Gasteiger partial charge on any atom is -0.311 e. The van der Waals surface area contributed by atoms with Crippen LogP contribution in [0.4, 0.5) is 4.39 Å². The summed E-state index contributed by atoms with van der Waals surface area (Å²) in [5, 5.41) is 8.30. The highest BCUT2D eigenvalue weighted by Gasteiger charge is 2.19. The molecule has 1 heterocycles. The van der Waals surface area contributed by atoms with Crippen molar-refractivity contribution in [1.29, 1.82) is 0 Å². The number of benzene rings is 1. The number of halogens is 2. The van der Waals surface area contributed by atoms with Crippen molar-refractivity contribution >= 4 is 23.4 Å². The Hall–Kier alpha value is -1.04. The van der Waals surface area contributed by atoms with Gasteiger partial charge in [-0.2, -0.15) is 5.10 Å². The van der Waals surface area contributed by atoms with E-state index in [0.717, 1.165) is 29.3 Å².